The number of hydrogen-bond donors (Lipinski definition) is 0. The zero-order chi connectivity index (χ0) is 60.9. The van der Waals surface area contributed by atoms with E-state index in [9.17, 15) is 4.39 Å². The molecular weight excluding hydrogens is 1110 g/mol. The average Bonchev–Trinajstić information content (AvgIpc) is 2.19. The van der Waals surface area contributed by atoms with Crippen LogP contribution in [-0.2, 0) is 18.6 Å². The summed E-state index contributed by atoms with van der Waals surface area (Å²) in [6.45, 7) is 15.8. The van der Waals surface area contributed by atoms with E-state index in [1.54, 1.807) is 24.3 Å². The maximum Gasteiger partial charge on any atom is 0.497 e. The molecule has 8 aromatic carbocycles. The van der Waals surface area contributed by atoms with Crippen molar-refractivity contribution in [1.29, 1.82) is 0 Å². The number of rotatable bonds is 10. The Labute approximate surface area is 513 Å². The molecule has 87 heavy (non-hydrogen) atoms. The lowest BCUT2D eigenvalue weighted by Crippen LogP contribution is -2.42. The zero-order valence-corrected chi connectivity index (χ0v) is 50.4. The lowest BCUT2D eigenvalue weighted by Gasteiger charge is -2.32. The van der Waals surface area contributed by atoms with Crippen molar-refractivity contribution in [3.8, 4) is 90.3 Å². The van der Waals surface area contributed by atoms with Gasteiger partial charge in [-0.2, -0.15) is 0 Å². The van der Waals surface area contributed by atoms with Crippen LogP contribution in [0.3, 0.4) is 0 Å². The SMILES string of the molecule is CC1(C)OB(c2ccc(F)c(B3OC(C)(C)C(C)(C)O3)c2)OC1(C)C.Clc1nc(-c2ccccc2)cc(-c2ccccc2)n1.Fc1ccc(-c2nc(-c3ccccc3)cc(-c3ccccc3)n2)cc1-c1nc(-c2ccccc2)cc(-c2ccccc2)n1. The second-order valence-electron chi connectivity index (χ2n) is 23.2. The zero-order valence-electron chi connectivity index (χ0n) is 49.6. The highest BCUT2D eigenvalue weighted by Crippen LogP contribution is 2.39. The van der Waals surface area contributed by atoms with E-state index >= 15 is 4.39 Å². The van der Waals surface area contributed by atoms with E-state index in [0.717, 1.165) is 61.6 Å². The van der Waals surface area contributed by atoms with Crippen LogP contribution in [0.2, 0.25) is 5.28 Å². The smallest absolute Gasteiger partial charge is 0.399 e. The molecule has 0 saturated carbocycles. The summed E-state index contributed by atoms with van der Waals surface area (Å²) in [6, 6.07) is 75.2. The number of nitrogens with zero attached hydrogens (tertiary/aromatic N) is 6. The van der Waals surface area contributed by atoms with Crippen molar-refractivity contribution in [1.82, 2.24) is 29.9 Å². The van der Waals surface area contributed by atoms with Crippen molar-refractivity contribution >= 4 is 36.8 Å². The van der Waals surface area contributed by atoms with Crippen molar-refractivity contribution in [2.24, 2.45) is 0 Å². The normalized spacial score (nSPS) is 15.2. The van der Waals surface area contributed by atoms with E-state index < -0.39 is 42.5 Å². The molecule has 2 aliphatic rings. The van der Waals surface area contributed by atoms with Crippen LogP contribution in [0.1, 0.15) is 55.4 Å². The van der Waals surface area contributed by atoms with Crippen LogP contribution in [-0.4, -0.2) is 66.5 Å². The van der Waals surface area contributed by atoms with Gasteiger partial charge in [0.2, 0.25) is 5.28 Å². The van der Waals surface area contributed by atoms with Crippen molar-refractivity contribution in [2.45, 2.75) is 77.8 Å². The molecule has 0 radical (unpaired) electrons. The predicted octanol–water partition coefficient (Wildman–Crippen LogP) is 16.3. The minimum atomic E-state index is -0.757. The molecule has 2 saturated heterocycles. The topological polar surface area (TPSA) is 114 Å². The highest BCUT2D eigenvalue weighted by Gasteiger charge is 2.54. The molecule has 0 aliphatic carbocycles. The molecule has 0 spiro atoms. The standard InChI is InChI=1S/C38H25FN4.C18H27B2FO4.C16H11ClN2/c39-32-22-21-30(37-40-33(26-13-5-1-6-14-26)24-34(41-37)27-15-7-2-8-16-27)23-31(32)38-42-35(28-17-9-3-10-18-28)25-36(43-38)29-19-11-4-12-20-29;1-15(2)16(3,4)23-19(22-15)12-9-10-14(21)13(11-12)20-24-17(5,6)18(7,8)25-20;17-16-18-14(12-7-3-1-4-8-12)11-15(19-16)13-9-5-2-6-10-13/h1-25H;9-11H,1-8H3;1-11H. The maximum atomic E-state index is 15.6. The third-order valence-electron chi connectivity index (χ3n) is 16.1. The van der Waals surface area contributed by atoms with Crippen LogP contribution in [0.15, 0.2) is 237 Å². The van der Waals surface area contributed by atoms with E-state index in [4.69, 9.17) is 50.2 Å². The molecule has 0 amide bonds. The molecule has 0 atom stereocenters. The van der Waals surface area contributed by atoms with Gasteiger partial charge in [-0.25, -0.2) is 38.7 Å². The molecule has 11 aromatic rings. The van der Waals surface area contributed by atoms with Crippen molar-refractivity contribution in [3.63, 3.8) is 0 Å². The van der Waals surface area contributed by atoms with Crippen molar-refractivity contribution in [2.75, 3.05) is 0 Å². The third-order valence-corrected chi connectivity index (χ3v) is 16.3. The van der Waals surface area contributed by atoms with E-state index in [-0.39, 0.29) is 16.7 Å². The molecule has 5 heterocycles. The Bertz CT molecular complexity index is 3970. The van der Waals surface area contributed by atoms with Gasteiger partial charge in [0.15, 0.2) is 11.6 Å². The van der Waals surface area contributed by atoms with Crippen molar-refractivity contribution in [3.05, 3.63) is 254 Å². The van der Waals surface area contributed by atoms with Gasteiger partial charge >= 0.3 is 14.2 Å². The van der Waals surface area contributed by atoms with Crippen LogP contribution in [0, 0.1) is 11.6 Å². The molecule has 2 fully saturated rings. The van der Waals surface area contributed by atoms with Crippen molar-refractivity contribution < 1.29 is 27.4 Å². The van der Waals surface area contributed by atoms with Gasteiger partial charge in [-0.1, -0.05) is 194 Å². The Kier molecular flexibility index (Phi) is 17.3. The first kappa shape index (κ1) is 59.8. The molecule has 0 unspecified atom stereocenters. The van der Waals surface area contributed by atoms with E-state index in [1.807, 2.05) is 256 Å². The highest BCUT2D eigenvalue weighted by atomic mass is 35.5. The average molecular weight is 1170 g/mol. The van der Waals surface area contributed by atoms with Gasteiger partial charge in [-0.3, -0.25) is 0 Å². The molecular formula is C72H63B2ClF2N6O4. The summed E-state index contributed by atoms with van der Waals surface area (Å²) in [6.07, 6.45) is 0. The van der Waals surface area contributed by atoms with Crippen LogP contribution in [0.4, 0.5) is 8.78 Å². The van der Waals surface area contributed by atoms with Crippen LogP contribution >= 0.6 is 11.6 Å². The van der Waals surface area contributed by atoms with Crippen LogP contribution in [0.25, 0.3) is 90.3 Å². The monoisotopic (exact) mass is 1170 g/mol. The minimum absolute atomic E-state index is 0.264. The molecule has 10 nitrogen and oxygen atoms in total. The number of benzene rings is 8. The van der Waals surface area contributed by atoms with E-state index in [1.165, 1.54) is 12.1 Å². The number of hydrogen-bond acceptors (Lipinski definition) is 10. The molecule has 15 heteroatoms. The van der Waals surface area contributed by atoms with Gasteiger partial charge in [0.25, 0.3) is 0 Å². The molecule has 0 N–H and O–H groups in total. The predicted molar refractivity (Wildman–Crippen MR) is 346 cm³/mol. The Morgan fingerprint density at radius 2 is 0.609 bits per heavy atom. The van der Waals surface area contributed by atoms with Gasteiger partial charge < -0.3 is 18.6 Å². The Balaban J connectivity index is 0.000000150. The van der Waals surface area contributed by atoms with Gasteiger partial charge in [-0.15, -0.1) is 0 Å². The minimum Gasteiger partial charge on any atom is -0.399 e. The molecule has 13 rings (SSSR count). The summed E-state index contributed by atoms with van der Waals surface area (Å²) in [5.74, 6) is 0.000225. The molecule has 432 valence electrons. The lowest BCUT2D eigenvalue weighted by atomic mass is 9.71. The molecule has 0 bridgehead atoms. The third kappa shape index (κ3) is 13.6. The van der Waals surface area contributed by atoms with Gasteiger partial charge in [-0.05, 0) is 115 Å². The summed E-state index contributed by atoms with van der Waals surface area (Å²) in [5, 5.41) is 0.264. The first-order valence-corrected chi connectivity index (χ1v) is 29.1. The quantitative estimate of drug-likeness (QED) is 0.0968. The fourth-order valence-corrected chi connectivity index (χ4v) is 9.96. The lowest BCUT2D eigenvalue weighted by molar-refractivity contribution is 0.00578. The Morgan fingerprint density at radius 1 is 0.310 bits per heavy atom. The summed E-state index contributed by atoms with van der Waals surface area (Å²) in [7, 11) is -1.31. The number of aromatic nitrogens is 6. The van der Waals surface area contributed by atoms with E-state index in [0.29, 0.717) is 34.1 Å². The Morgan fingerprint density at radius 3 is 0.954 bits per heavy atom. The van der Waals surface area contributed by atoms with Crippen LogP contribution < -0.4 is 10.9 Å². The largest absolute Gasteiger partial charge is 0.497 e. The first-order chi connectivity index (χ1) is 41.8. The van der Waals surface area contributed by atoms with Gasteiger partial charge in [0, 0.05) is 44.4 Å². The number of halogens is 3. The summed E-state index contributed by atoms with van der Waals surface area (Å²) >= 11 is 6.03. The molecule has 2 aliphatic heterocycles. The molecule has 3 aromatic heterocycles. The van der Waals surface area contributed by atoms with Gasteiger partial charge in [0.1, 0.15) is 11.6 Å². The van der Waals surface area contributed by atoms with Crippen LogP contribution in [0.5, 0.6) is 0 Å². The fourth-order valence-electron chi connectivity index (χ4n) is 9.78. The second-order valence-corrected chi connectivity index (χ2v) is 23.5. The highest BCUT2D eigenvalue weighted by molar-refractivity contribution is 6.66. The second kappa shape index (κ2) is 25.2. The summed E-state index contributed by atoms with van der Waals surface area (Å²) in [4.78, 5) is 28.1. The summed E-state index contributed by atoms with van der Waals surface area (Å²) in [5.41, 5.74) is 10.6. The van der Waals surface area contributed by atoms with E-state index in [2.05, 4.69) is 9.97 Å². The first-order valence-electron chi connectivity index (χ1n) is 28.8. The van der Waals surface area contributed by atoms with Gasteiger partial charge in [0.05, 0.1) is 62.1 Å². The fraction of sp³-hybridized carbons (Fsp3) is 0.167. The summed E-state index contributed by atoms with van der Waals surface area (Å²) < 4.78 is 54.2. The maximum absolute atomic E-state index is 15.6. The Hall–Kier alpha value is -8.88.